The van der Waals surface area contributed by atoms with Crippen LogP contribution in [0.1, 0.15) is 6.42 Å². The van der Waals surface area contributed by atoms with Crippen molar-refractivity contribution in [2.45, 2.75) is 13.0 Å². The van der Waals surface area contributed by atoms with Crippen LogP contribution < -0.4 is 21.2 Å². The molecule has 7 nitrogen and oxygen atoms in total. The SMILES string of the molecule is COc1ccc(NC(=O)CCn2[nH]c(=O)ccc2=O)cc1Cl. The quantitative estimate of drug-likeness (QED) is 0.865. The lowest BCUT2D eigenvalue weighted by atomic mass is 10.3. The third-order valence-electron chi connectivity index (χ3n) is 2.89. The maximum atomic E-state index is 11.9. The molecule has 0 aliphatic heterocycles. The van der Waals surface area contributed by atoms with E-state index in [1.165, 1.54) is 7.11 Å². The van der Waals surface area contributed by atoms with Crippen LogP contribution >= 0.6 is 11.6 Å². The Kier molecular flexibility index (Phi) is 5.00. The molecule has 0 radical (unpaired) electrons. The van der Waals surface area contributed by atoms with Crippen LogP contribution in [0.15, 0.2) is 39.9 Å². The van der Waals surface area contributed by atoms with Gasteiger partial charge in [0.15, 0.2) is 0 Å². The molecule has 0 fully saturated rings. The summed E-state index contributed by atoms with van der Waals surface area (Å²) in [5.74, 6) is 0.200. The largest absolute Gasteiger partial charge is 0.495 e. The van der Waals surface area contributed by atoms with Crippen molar-refractivity contribution in [2.24, 2.45) is 0 Å². The third-order valence-corrected chi connectivity index (χ3v) is 3.18. The van der Waals surface area contributed by atoms with Gasteiger partial charge in [0, 0.05) is 24.2 Å². The molecular formula is C14H14ClN3O4. The van der Waals surface area contributed by atoms with Crippen LogP contribution in [0.4, 0.5) is 5.69 Å². The average Bonchev–Trinajstić information content (AvgIpc) is 2.48. The van der Waals surface area contributed by atoms with Crippen LogP contribution in [-0.4, -0.2) is 22.8 Å². The highest BCUT2D eigenvalue weighted by atomic mass is 35.5. The molecule has 0 aliphatic carbocycles. The Labute approximate surface area is 130 Å². The van der Waals surface area contributed by atoms with Crippen LogP contribution in [-0.2, 0) is 11.3 Å². The zero-order valence-electron chi connectivity index (χ0n) is 11.8. The van der Waals surface area contributed by atoms with E-state index in [0.29, 0.717) is 16.5 Å². The van der Waals surface area contributed by atoms with E-state index in [1.807, 2.05) is 0 Å². The molecule has 2 N–H and O–H groups in total. The monoisotopic (exact) mass is 323 g/mol. The number of hydrogen-bond donors (Lipinski definition) is 2. The van der Waals surface area contributed by atoms with Gasteiger partial charge >= 0.3 is 0 Å². The first-order chi connectivity index (χ1) is 10.5. The minimum absolute atomic E-state index is 0.0313. The number of H-pyrrole nitrogens is 1. The van der Waals surface area contributed by atoms with Gasteiger partial charge in [-0.15, -0.1) is 0 Å². The van der Waals surface area contributed by atoms with Gasteiger partial charge in [0.1, 0.15) is 5.75 Å². The van der Waals surface area contributed by atoms with Gasteiger partial charge < -0.3 is 10.1 Å². The molecule has 0 saturated heterocycles. The molecule has 1 heterocycles. The van der Waals surface area contributed by atoms with Gasteiger partial charge in [-0.3, -0.25) is 19.5 Å². The van der Waals surface area contributed by atoms with Crippen molar-refractivity contribution in [2.75, 3.05) is 12.4 Å². The molecule has 0 aliphatic rings. The van der Waals surface area contributed by atoms with E-state index in [2.05, 4.69) is 10.4 Å². The molecule has 0 unspecified atom stereocenters. The van der Waals surface area contributed by atoms with Crippen LogP contribution in [0.5, 0.6) is 5.75 Å². The van der Waals surface area contributed by atoms with Crippen molar-refractivity contribution < 1.29 is 9.53 Å². The molecule has 8 heteroatoms. The van der Waals surface area contributed by atoms with E-state index >= 15 is 0 Å². The number of nitrogens with zero attached hydrogens (tertiary/aromatic N) is 1. The normalized spacial score (nSPS) is 10.3. The van der Waals surface area contributed by atoms with Gasteiger partial charge in [-0.1, -0.05) is 11.6 Å². The van der Waals surface area contributed by atoms with Crippen LogP contribution in [0.25, 0.3) is 0 Å². The summed E-state index contributed by atoms with van der Waals surface area (Å²) in [4.78, 5) is 34.5. The van der Waals surface area contributed by atoms with Gasteiger partial charge in [0.2, 0.25) is 5.91 Å². The minimum Gasteiger partial charge on any atom is -0.495 e. The number of nitrogens with one attached hydrogen (secondary N) is 2. The molecule has 22 heavy (non-hydrogen) atoms. The number of ether oxygens (including phenoxy) is 1. The predicted molar refractivity (Wildman–Crippen MR) is 82.6 cm³/mol. The number of benzene rings is 1. The Morgan fingerprint density at radius 2 is 2.09 bits per heavy atom. The number of anilines is 1. The number of aryl methyl sites for hydroxylation is 1. The van der Waals surface area contributed by atoms with E-state index in [9.17, 15) is 14.4 Å². The minimum atomic E-state index is -0.401. The molecule has 2 rings (SSSR count). The van der Waals surface area contributed by atoms with Crippen molar-refractivity contribution >= 4 is 23.2 Å². The second kappa shape index (κ2) is 6.95. The van der Waals surface area contributed by atoms with Crippen molar-refractivity contribution in [3.63, 3.8) is 0 Å². The molecule has 0 bridgehead atoms. The van der Waals surface area contributed by atoms with E-state index in [-0.39, 0.29) is 24.4 Å². The molecular weight excluding hydrogens is 310 g/mol. The summed E-state index contributed by atoms with van der Waals surface area (Å²) in [5.41, 5.74) is -0.258. The average molecular weight is 324 g/mol. The molecule has 1 aromatic heterocycles. The van der Waals surface area contributed by atoms with Gasteiger partial charge in [-0.25, -0.2) is 4.68 Å². The Hall–Kier alpha value is -2.54. The fraction of sp³-hybridized carbons (Fsp3) is 0.214. The second-order valence-electron chi connectivity index (χ2n) is 4.45. The number of carbonyl (C=O) groups is 1. The first-order valence-electron chi connectivity index (χ1n) is 6.43. The van der Waals surface area contributed by atoms with E-state index < -0.39 is 5.56 Å². The topological polar surface area (TPSA) is 93.2 Å². The molecule has 0 spiro atoms. The number of amides is 1. The summed E-state index contributed by atoms with van der Waals surface area (Å²) >= 11 is 5.96. The van der Waals surface area contributed by atoms with E-state index in [0.717, 1.165) is 16.8 Å². The zero-order valence-corrected chi connectivity index (χ0v) is 12.5. The number of aromatic nitrogens is 2. The van der Waals surface area contributed by atoms with Crippen molar-refractivity contribution in [1.29, 1.82) is 0 Å². The summed E-state index contributed by atoms with van der Waals surface area (Å²) in [6, 6.07) is 7.14. The van der Waals surface area contributed by atoms with Crippen LogP contribution in [0.2, 0.25) is 5.02 Å². The fourth-order valence-electron chi connectivity index (χ4n) is 1.81. The van der Waals surface area contributed by atoms with Crippen LogP contribution in [0.3, 0.4) is 0 Å². The Morgan fingerprint density at radius 3 is 2.77 bits per heavy atom. The summed E-state index contributed by atoms with van der Waals surface area (Å²) in [6.45, 7) is 0.0740. The number of halogens is 1. The lowest BCUT2D eigenvalue weighted by Gasteiger charge is -2.08. The van der Waals surface area contributed by atoms with Gasteiger partial charge in [0.05, 0.1) is 18.7 Å². The first-order valence-corrected chi connectivity index (χ1v) is 6.81. The molecule has 1 aromatic carbocycles. The zero-order chi connectivity index (χ0) is 16.1. The molecule has 0 saturated carbocycles. The number of rotatable bonds is 5. The van der Waals surface area contributed by atoms with Crippen LogP contribution in [0, 0.1) is 0 Å². The molecule has 116 valence electrons. The molecule has 1 amide bonds. The van der Waals surface area contributed by atoms with E-state index in [4.69, 9.17) is 16.3 Å². The second-order valence-corrected chi connectivity index (χ2v) is 4.85. The number of methoxy groups -OCH3 is 1. The first kappa shape index (κ1) is 15.8. The highest BCUT2D eigenvalue weighted by Gasteiger charge is 2.07. The van der Waals surface area contributed by atoms with Crippen molar-refractivity contribution in [3.05, 3.63) is 56.1 Å². The van der Waals surface area contributed by atoms with Gasteiger partial charge in [-0.2, -0.15) is 0 Å². The highest BCUT2D eigenvalue weighted by Crippen LogP contribution is 2.27. The Bertz CT molecular complexity index is 797. The van der Waals surface area contributed by atoms with Crippen molar-refractivity contribution in [3.8, 4) is 5.75 Å². The Balaban J connectivity index is 1.98. The molecule has 0 atom stereocenters. The lowest BCUT2D eigenvalue weighted by Crippen LogP contribution is -2.29. The number of aromatic amines is 1. The number of hydrogen-bond acceptors (Lipinski definition) is 4. The lowest BCUT2D eigenvalue weighted by molar-refractivity contribution is -0.116. The fourth-order valence-corrected chi connectivity index (χ4v) is 2.07. The number of carbonyl (C=O) groups excluding carboxylic acids is 1. The Morgan fingerprint density at radius 1 is 1.32 bits per heavy atom. The summed E-state index contributed by atoms with van der Waals surface area (Å²) in [5, 5.41) is 5.38. The predicted octanol–water partition coefficient (Wildman–Crippen LogP) is 1.23. The van der Waals surface area contributed by atoms with Crippen molar-refractivity contribution in [1.82, 2.24) is 9.78 Å². The highest BCUT2D eigenvalue weighted by molar-refractivity contribution is 6.32. The maximum Gasteiger partial charge on any atom is 0.265 e. The molecule has 2 aromatic rings. The third kappa shape index (κ3) is 3.98. The van der Waals surface area contributed by atoms with Gasteiger partial charge in [-0.05, 0) is 18.2 Å². The smallest absolute Gasteiger partial charge is 0.265 e. The summed E-state index contributed by atoms with van der Waals surface area (Å²) < 4.78 is 6.10. The summed E-state index contributed by atoms with van der Waals surface area (Å²) in [6.07, 6.45) is 0.0313. The standard InChI is InChI=1S/C14H14ClN3O4/c1-22-11-3-2-9(8-10(11)15)16-12(19)6-7-18-14(21)5-4-13(20)17-18/h2-5,8H,6-7H2,1H3,(H,16,19)(H,17,20). The summed E-state index contributed by atoms with van der Waals surface area (Å²) in [7, 11) is 1.50. The van der Waals surface area contributed by atoms with E-state index in [1.54, 1.807) is 18.2 Å². The van der Waals surface area contributed by atoms with Gasteiger partial charge in [0.25, 0.3) is 11.1 Å². The maximum absolute atomic E-state index is 11.9.